The number of hydrogen-bond donors (Lipinski definition) is 0. The molecule has 0 amide bonds. The highest BCUT2D eigenvalue weighted by atomic mass is 15.2. The van der Waals surface area contributed by atoms with E-state index >= 15 is 0 Å². The molecule has 0 aromatic heterocycles. The van der Waals surface area contributed by atoms with Gasteiger partial charge in [0, 0.05) is 17.8 Å². The van der Waals surface area contributed by atoms with Crippen LogP contribution in [0.4, 0.5) is 5.69 Å². The van der Waals surface area contributed by atoms with Crippen molar-refractivity contribution >= 4 is 5.69 Å². The first-order chi connectivity index (χ1) is 11.0. The van der Waals surface area contributed by atoms with Crippen LogP contribution >= 0.6 is 0 Å². The van der Waals surface area contributed by atoms with E-state index in [9.17, 15) is 0 Å². The molecule has 2 aliphatic heterocycles. The number of aryl methyl sites for hydroxylation is 1. The molecule has 2 aromatic carbocycles. The summed E-state index contributed by atoms with van der Waals surface area (Å²) in [5.41, 5.74) is 6.35. The van der Waals surface area contributed by atoms with Gasteiger partial charge < -0.3 is 4.90 Å². The van der Waals surface area contributed by atoms with Gasteiger partial charge in [-0.3, -0.25) is 0 Å². The van der Waals surface area contributed by atoms with Gasteiger partial charge in [0.15, 0.2) is 0 Å². The van der Waals surface area contributed by atoms with Crippen molar-refractivity contribution < 1.29 is 0 Å². The van der Waals surface area contributed by atoms with Crippen molar-refractivity contribution in [1.82, 2.24) is 0 Å². The number of hydrogen-bond acceptors (Lipinski definition) is 1. The van der Waals surface area contributed by atoms with Crippen molar-refractivity contribution in [3.63, 3.8) is 0 Å². The van der Waals surface area contributed by atoms with Crippen molar-refractivity contribution in [2.45, 2.75) is 52.0 Å². The average Bonchev–Trinajstić information content (AvgIpc) is 2.57. The smallest absolute Gasteiger partial charge is 0.0406 e. The summed E-state index contributed by atoms with van der Waals surface area (Å²) in [7, 11) is 0. The van der Waals surface area contributed by atoms with Gasteiger partial charge in [-0.2, -0.15) is 0 Å². The Kier molecular flexibility index (Phi) is 3.30. The zero-order valence-electron chi connectivity index (χ0n) is 14.6. The van der Waals surface area contributed by atoms with Crippen LogP contribution in [0.15, 0.2) is 48.5 Å². The van der Waals surface area contributed by atoms with Crippen LogP contribution in [-0.2, 0) is 0 Å². The molecule has 1 heteroatoms. The fourth-order valence-electron chi connectivity index (χ4n) is 4.48. The Morgan fingerprint density at radius 2 is 1.52 bits per heavy atom. The average molecular weight is 305 g/mol. The van der Waals surface area contributed by atoms with Crippen LogP contribution in [0.2, 0.25) is 0 Å². The quantitative estimate of drug-likeness (QED) is 0.675. The number of anilines is 1. The second kappa shape index (κ2) is 5.12. The lowest BCUT2D eigenvalue weighted by Crippen LogP contribution is -2.60. The van der Waals surface area contributed by atoms with Gasteiger partial charge in [0.25, 0.3) is 0 Å². The maximum absolute atomic E-state index is 2.72. The lowest BCUT2D eigenvalue weighted by Gasteiger charge is -2.59. The molecule has 2 aromatic rings. The van der Waals surface area contributed by atoms with E-state index in [-0.39, 0.29) is 0 Å². The largest absolute Gasteiger partial charge is 0.365 e. The standard InChI is InChI=1S/C22H27N/c1-17-9-10-19(18-7-5-4-6-8-18)15-20(17)23-16-21(2)11-13-22(23,3)14-12-21/h4-10,15H,11-14,16H2,1-3H3. The molecule has 5 rings (SSSR count). The number of fused-ring (bicyclic) bond motifs is 3. The van der Waals surface area contributed by atoms with Crippen LogP contribution in [0.1, 0.15) is 45.1 Å². The van der Waals surface area contributed by atoms with Gasteiger partial charge in [0.05, 0.1) is 0 Å². The highest BCUT2D eigenvalue weighted by Crippen LogP contribution is 2.52. The van der Waals surface area contributed by atoms with Crippen LogP contribution in [0, 0.1) is 12.3 Å². The summed E-state index contributed by atoms with van der Waals surface area (Å²) >= 11 is 0. The highest BCUT2D eigenvalue weighted by Gasteiger charge is 2.48. The lowest BCUT2D eigenvalue weighted by atomic mass is 9.63. The predicted molar refractivity (Wildman–Crippen MR) is 98.9 cm³/mol. The van der Waals surface area contributed by atoms with E-state index in [4.69, 9.17) is 0 Å². The summed E-state index contributed by atoms with van der Waals surface area (Å²) in [6.07, 6.45) is 5.44. The Morgan fingerprint density at radius 3 is 2.22 bits per heavy atom. The Bertz CT molecular complexity index is 708. The van der Waals surface area contributed by atoms with E-state index in [1.807, 2.05) is 0 Å². The second-order valence-electron chi connectivity index (χ2n) is 8.26. The van der Waals surface area contributed by atoms with Gasteiger partial charge in [0.2, 0.25) is 0 Å². The van der Waals surface area contributed by atoms with Crippen LogP contribution in [0.3, 0.4) is 0 Å². The highest BCUT2D eigenvalue weighted by molar-refractivity contribution is 5.71. The first kappa shape index (κ1) is 14.8. The molecule has 3 aliphatic rings. The third-order valence-corrected chi connectivity index (χ3v) is 6.33. The predicted octanol–water partition coefficient (Wildman–Crippen LogP) is 5.82. The van der Waals surface area contributed by atoms with Crippen LogP contribution < -0.4 is 4.90 Å². The van der Waals surface area contributed by atoms with Crippen LogP contribution in [-0.4, -0.2) is 12.1 Å². The number of rotatable bonds is 2. The summed E-state index contributed by atoms with van der Waals surface area (Å²) in [5, 5.41) is 0. The molecule has 1 saturated carbocycles. The van der Waals surface area contributed by atoms with E-state index in [1.54, 1.807) is 0 Å². The molecule has 0 atom stereocenters. The van der Waals surface area contributed by atoms with Gasteiger partial charge in [-0.25, -0.2) is 0 Å². The fraction of sp³-hybridized carbons (Fsp3) is 0.455. The first-order valence-electron chi connectivity index (χ1n) is 8.93. The van der Waals surface area contributed by atoms with Crippen molar-refractivity contribution in [3.8, 4) is 11.1 Å². The van der Waals surface area contributed by atoms with E-state index in [1.165, 1.54) is 54.6 Å². The van der Waals surface area contributed by atoms with E-state index < -0.39 is 0 Å². The maximum atomic E-state index is 2.72. The van der Waals surface area contributed by atoms with Gasteiger partial charge in [-0.15, -0.1) is 0 Å². The molecule has 0 N–H and O–H groups in total. The van der Waals surface area contributed by atoms with Gasteiger partial charge in [0.1, 0.15) is 0 Å². The molecule has 2 heterocycles. The van der Waals surface area contributed by atoms with Crippen molar-refractivity contribution in [2.24, 2.45) is 5.41 Å². The summed E-state index contributed by atoms with van der Waals surface area (Å²) in [4.78, 5) is 2.72. The minimum atomic E-state index is 0.345. The number of benzene rings is 2. The van der Waals surface area contributed by atoms with Crippen LogP contribution in [0.25, 0.3) is 11.1 Å². The second-order valence-corrected chi connectivity index (χ2v) is 8.26. The van der Waals surface area contributed by atoms with Gasteiger partial charge >= 0.3 is 0 Å². The summed E-state index contributed by atoms with van der Waals surface area (Å²) in [5.74, 6) is 0. The molecule has 2 bridgehead atoms. The maximum Gasteiger partial charge on any atom is 0.0406 e. The molecule has 3 fully saturated rings. The Hall–Kier alpha value is -1.76. The van der Waals surface area contributed by atoms with E-state index in [0.29, 0.717) is 11.0 Å². The molecule has 23 heavy (non-hydrogen) atoms. The monoisotopic (exact) mass is 305 g/mol. The summed E-state index contributed by atoms with van der Waals surface area (Å²) < 4.78 is 0. The minimum absolute atomic E-state index is 0.345. The zero-order valence-corrected chi connectivity index (χ0v) is 14.6. The zero-order chi connectivity index (χ0) is 16.1. The first-order valence-corrected chi connectivity index (χ1v) is 8.93. The van der Waals surface area contributed by atoms with E-state index in [2.05, 4.69) is 74.2 Å². The fourth-order valence-corrected chi connectivity index (χ4v) is 4.48. The molecule has 0 unspecified atom stereocenters. The van der Waals surface area contributed by atoms with E-state index in [0.717, 1.165) is 0 Å². The number of piperidine rings is 2. The molecule has 120 valence electrons. The third-order valence-electron chi connectivity index (χ3n) is 6.33. The normalized spacial score (nSPS) is 29.8. The number of nitrogens with zero attached hydrogens (tertiary/aromatic N) is 1. The third kappa shape index (κ3) is 2.47. The summed E-state index contributed by atoms with van der Waals surface area (Å²) in [6, 6.07) is 17.7. The Balaban J connectivity index is 1.77. The molecule has 1 nitrogen and oxygen atoms in total. The molecule has 0 spiro atoms. The minimum Gasteiger partial charge on any atom is -0.365 e. The Labute approximate surface area is 140 Å². The topological polar surface area (TPSA) is 3.24 Å². The lowest BCUT2D eigenvalue weighted by molar-refractivity contribution is 0.0928. The molecular weight excluding hydrogens is 278 g/mol. The van der Waals surface area contributed by atoms with Gasteiger partial charge in [-0.05, 0) is 67.7 Å². The molecule has 1 aliphatic carbocycles. The van der Waals surface area contributed by atoms with Crippen LogP contribution in [0.5, 0.6) is 0 Å². The van der Waals surface area contributed by atoms with Gasteiger partial charge in [-0.1, -0.05) is 49.4 Å². The SMILES string of the molecule is Cc1ccc(-c2ccccc2)cc1N1CC2(C)CCC1(C)CC2. The summed E-state index contributed by atoms with van der Waals surface area (Å²) in [6.45, 7) is 8.43. The Morgan fingerprint density at radius 1 is 0.826 bits per heavy atom. The molecule has 2 saturated heterocycles. The molecular formula is C22H27N. The van der Waals surface area contributed by atoms with Crippen molar-refractivity contribution in [2.75, 3.05) is 11.4 Å². The van der Waals surface area contributed by atoms with Crippen molar-refractivity contribution in [3.05, 3.63) is 54.1 Å². The molecule has 0 radical (unpaired) electrons. The van der Waals surface area contributed by atoms with Crippen molar-refractivity contribution in [1.29, 1.82) is 0 Å².